The quantitative estimate of drug-likeness (QED) is 0.634. The van der Waals surface area contributed by atoms with Crippen LogP contribution in [0.1, 0.15) is 18.2 Å². The van der Waals surface area contributed by atoms with Gasteiger partial charge < -0.3 is 0 Å². The van der Waals surface area contributed by atoms with Crippen molar-refractivity contribution < 1.29 is 0 Å². The molecule has 0 atom stereocenters. The van der Waals surface area contributed by atoms with E-state index in [0.29, 0.717) is 0 Å². The molecule has 0 saturated heterocycles. The van der Waals surface area contributed by atoms with E-state index in [4.69, 9.17) is 0 Å². The number of nitrogens with zero attached hydrogens (tertiary/aromatic N) is 2. The Labute approximate surface area is 89.4 Å². The van der Waals surface area contributed by atoms with Crippen LogP contribution in [0.3, 0.4) is 0 Å². The van der Waals surface area contributed by atoms with Crippen molar-refractivity contribution in [3.05, 3.63) is 53.2 Å². The van der Waals surface area contributed by atoms with Gasteiger partial charge in [0.15, 0.2) is 0 Å². The number of aliphatic imine (C=N–C) groups is 1. The molecule has 1 aliphatic rings. The van der Waals surface area contributed by atoms with Crippen molar-refractivity contribution in [2.75, 3.05) is 0 Å². The van der Waals surface area contributed by atoms with E-state index >= 15 is 0 Å². The van der Waals surface area contributed by atoms with Gasteiger partial charge in [-0.25, -0.2) is 0 Å². The summed E-state index contributed by atoms with van der Waals surface area (Å²) in [5.74, 6) is 0. The molecule has 0 saturated carbocycles. The van der Waals surface area contributed by atoms with Gasteiger partial charge >= 0.3 is 0 Å². The molecule has 2 rings (SSSR count). The van der Waals surface area contributed by atoms with Crippen LogP contribution in [-0.4, -0.2) is 11.2 Å². The molecule has 0 amide bonds. The molecule has 2 heteroatoms. The first-order valence-electron chi connectivity index (χ1n) is 4.86. The SMILES string of the molecule is CC1=CC=C=C(c2ccc(C)cn2)C=N1. The van der Waals surface area contributed by atoms with Crippen molar-refractivity contribution in [1.82, 2.24) is 4.98 Å². The smallest absolute Gasteiger partial charge is 0.0795 e. The zero-order valence-corrected chi connectivity index (χ0v) is 8.86. The standard InChI is InChI=1S/C13H12N2/c1-10-6-7-13(15-8-10)12-5-3-4-11(2)14-9-12/h3-4,6-9H,1-2H3. The van der Waals surface area contributed by atoms with Crippen molar-refractivity contribution in [3.8, 4) is 0 Å². The van der Waals surface area contributed by atoms with E-state index in [9.17, 15) is 0 Å². The van der Waals surface area contributed by atoms with Crippen LogP contribution in [-0.2, 0) is 0 Å². The number of aryl methyl sites for hydroxylation is 1. The summed E-state index contributed by atoms with van der Waals surface area (Å²) >= 11 is 0. The molecule has 0 radical (unpaired) electrons. The van der Waals surface area contributed by atoms with Gasteiger partial charge in [-0.2, -0.15) is 0 Å². The first kappa shape index (κ1) is 9.63. The number of allylic oxidation sites excluding steroid dienone is 3. The lowest BCUT2D eigenvalue weighted by Gasteiger charge is -1.98. The van der Waals surface area contributed by atoms with Crippen molar-refractivity contribution in [1.29, 1.82) is 0 Å². The monoisotopic (exact) mass is 196 g/mol. The molecule has 0 bridgehead atoms. The molecular formula is C13H12N2. The lowest BCUT2D eigenvalue weighted by atomic mass is 10.2. The zero-order valence-electron chi connectivity index (χ0n) is 8.86. The molecule has 0 aliphatic carbocycles. The highest BCUT2D eigenvalue weighted by molar-refractivity contribution is 6.09. The topological polar surface area (TPSA) is 25.2 Å². The average Bonchev–Trinajstić information content (AvgIpc) is 2.44. The fourth-order valence-corrected chi connectivity index (χ4v) is 1.27. The largest absolute Gasteiger partial charge is 0.260 e. The van der Waals surface area contributed by atoms with Crippen LogP contribution in [0.25, 0.3) is 5.57 Å². The summed E-state index contributed by atoms with van der Waals surface area (Å²) in [5, 5.41) is 0. The molecule has 15 heavy (non-hydrogen) atoms. The summed E-state index contributed by atoms with van der Waals surface area (Å²) in [4.78, 5) is 8.60. The fraction of sp³-hybridized carbons (Fsp3) is 0.154. The molecule has 1 aliphatic heterocycles. The molecule has 1 aromatic heterocycles. The van der Waals surface area contributed by atoms with Crippen LogP contribution in [0.4, 0.5) is 0 Å². The van der Waals surface area contributed by atoms with Gasteiger partial charge in [-0.15, -0.1) is 5.73 Å². The van der Waals surface area contributed by atoms with E-state index in [1.165, 1.54) is 0 Å². The normalized spacial score (nSPS) is 14.5. The minimum absolute atomic E-state index is 0.906. The molecule has 0 unspecified atom stereocenters. The predicted molar refractivity (Wildman–Crippen MR) is 62.7 cm³/mol. The van der Waals surface area contributed by atoms with E-state index < -0.39 is 0 Å². The van der Waals surface area contributed by atoms with Crippen molar-refractivity contribution >= 4 is 11.8 Å². The van der Waals surface area contributed by atoms with Crippen LogP contribution in [0.5, 0.6) is 0 Å². The third-order valence-corrected chi connectivity index (χ3v) is 2.15. The predicted octanol–water partition coefficient (Wildman–Crippen LogP) is 2.92. The Morgan fingerprint density at radius 1 is 1.20 bits per heavy atom. The van der Waals surface area contributed by atoms with Gasteiger partial charge in [0, 0.05) is 18.1 Å². The van der Waals surface area contributed by atoms with E-state index in [0.717, 1.165) is 22.5 Å². The highest BCUT2D eigenvalue weighted by Crippen LogP contribution is 2.11. The van der Waals surface area contributed by atoms with Gasteiger partial charge in [0.25, 0.3) is 0 Å². The number of hydrogen-bond acceptors (Lipinski definition) is 2. The van der Waals surface area contributed by atoms with Crippen LogP contribution in [0.15, 0.2) is 46.9 Å². The molecule has 1 aromatic rings. The first-order chi connectivity index (χ1) is 7.25. The second-order valence-corrected chi connectivity index (χ2v) is 3.51. The lowest BCUT2D eigenvalue weighted by molar-refractivity contribution is 1.24. The molecule has 74 valence electrons. The summed E-state index contributed by atoms with van der Waals surface area (Å²) in [6.45, 7) is 3.98. The Bertz CT molecular complexity index is 484. The molecule has 2 heterocycles. The second kappa shape index (κ2) is 4.07. The van der Waals surface area contributed by atoms with Gasteiger partial charge in [0.2, 0.25) is 0 Å². The molecule has 0 N–H and O–H groups in total. The summed E-state index contributed by atoms with van der Waals surface area (Å²) in [5.41, 5.74) is 7.11. The maximum Gasteiger partial charge on any atom is 0.0795 e. The molecule has 0 spiro atoms. The number of aromatic nitrogens is 1. The van der Waals surface area contributed by atoms with Gasteiger partial charge in [0.05, 0.1) is 11.3 Å². The molecule has 2 nitrogen and oxygen atoms in total. The minimum Gasteiger partial charge on any atom is -0.260 e. The third-order valence-electron chi connectivity index (χ3n) is 2.15. The van der Waals surface area contributed by atoms with Gasteiger partial charge in [0.1, 0.15) is 0 Å². The van der Waals surface area contributed by atoms with Crippen LogP contribution >= 0.6 is 0 Å². The van der Waals surface area contributed by atoms with Gasteiger partial charge in [-0.1, -0.05) is 6.07 Å². The van der Waals surface area contributed by atoms with Crippen molar-refractivity contribution in [2.24, 2.45) is 4.99 Å². The Morgan fingerprint density at radius 3 is 2.80 bits per heavy atom. The van der Waals surface area contributed by atoms with Crippen molar-refractivity contribution in [2.45, 2.75) is 13.8 Å². The zero-order chi connectivity index (χ0) is 10.7. The first-order valence-corrected chi connectivity index (χ1v) is 4.86. The maximum atomic E-state index is 4.33. The van der Waals surface area contributed by atoms with Gasteiger partial charge in [-0.3, -0.25) is 9.98 Å². The summed E-state index contributed by atoms with van der Waals surface area (Å²) in [6.07, 6.45) is 7.45. The molecule has 0 fully saturated rings. The maximum absolute atomic E-state index is 4.33. The Morgan fingerprint density at radius 2 is 2.07 bits per heavy atom. The van der Waals surface area contributed by atoms with Gasteiger partial charge in [-0.05, 0) is 37.6 Å². The number of pyridine rings is 1. The number of hydrogen-bond donors (Lipinski definition) is 0. The third kappa shape index (κ3) is 2.30. The van der Waals surface area contributed by atoms with Crippen LogP contribution in [0.2, 0.25) is 0 Å². The lowest BCUT2D eigenvalue weighted by Crippen LogP contribution is -1.89. The molecule has 0 aromatic carbocycles. The van der Waals surface area contributed by atoms with E-state index in [1.54, 1.807) is 6.21 Å². The Kier molecular flexibility index (Phi) is 2.61. The minimum atomic E-state index is 0.906. The summed E-state index contributed by atoms with van der Waals surface area (Å²) in [7, 11) is 0. The van der Waals surface area contributed by atoms with E-state index in [1.807, 2.05) is 44.3 Å². The van der Waals surface area contributed by atoms with E-state index in [-0.39, 0.29) is 0 Å². The summed E-state index contributed by atoms with van der Waals surface area (Å²) in [6, 6.07) is 4.02. The highest BCUT2D eigenvalue weighted by Gasteiger charge is 2.00. The molecular weight excluding hydrogens is 184 g/mol. The average molecular weight is 196 g/mol. The summed E-state index contributed by atoms with van der Waals surface area (Å²) < 4.78 is 0. The Balaban J connectivity index is 2.38. The Hall–Kier alpha value is -1.92. The van der Waals surface area contributed by atoms with Crippen LogP contribution in [0, 0.1) is 6.92 Å². The van der Waals surface area contributed by atoms with Crippen molar-refractivity contribution in [3.63, 3.8) is 0 Å². The number of rotatable bonds is 1. The highest BCUT2D eigenvalue weighted by atomic mass is 14.7. The second-order valence-electron chi connectivity index (χ2n) is 3.51. The van der Waals surface area contributed by atoms with E-state index in [2.05, 4.69) is 15.7 Å². The van der Waals surface area contributed by atoms with Crippen LogP contribution < -0.4 is 0 Å². The fourth-order valence-electron chi connectivity index (χ4n) is 1.27.